The summed E-state index contributed by atoms with van der Waals surface area (Å²) < 4.78 is 7.12. The molecule has 0 aliphatic carbocycles. The highest BCUT2D eigenvalue weighted by Crippen LogP contribution is 2.66. The number of ether oxygens (including phenoxy) is 1. The van der Waals surface area contributed by atoms with Crippen LogP contribution in [0.15, 0.2) is 128 Å². The van der Waals surface area contributed by atoms with Crippen molar-refractivity contribution in [3.05, 3.63) is 140 Å². The molecule has 4 aromatic rings. The van der Waals surface area contributed by atoms with Gasteiger partial charge in [0, 0.05) is 25.3 Å². The smallest absolute Gasteiger partial charge is 0.253 e. The van der Waals surface area contributed by atoms with Crippen LogP contribution in [0.4, 0.5) is 5.69 Å². The van der Waals surface area contributed by atoms with Gasteiger partial charge in [-0.2, -0.15) is 0 Å². The maximum atomic E-state index is 15.4. The Hall–Kier alpha value is -5.05. The SMILES string of the molecule is C=CCN(Cc1ccccc1)C(=O)[C@H]1[C@H]2C(=O)N([C@@H](CO)Cc3ccccc3)C(C(=O)N(CC=C)c3ccc4ccccc4c3)C23CC(C)[C@]1(C)O3. The van der Waals surface area contributed by atoms with E-state index in [0.29, 0.717) is 25.1 Å². The predicted molar refractivity (Wildman–Crippen MR) is 203 cm³/mol. The van der Waals surface area contributed by atoms with E-state index in [-0.39, 0.29) is 43.3 Å². The summed E-state index contributed by atoms with van der Waals surface area (Å²) in [4.78, 5) is 50.5. The largest absolute Gasteiger partial charge is 0.394 e. The van der Waals surface area contributed by atoms with Crippen LogP contribution in [0.25, 0.3) is 10.8 Å². The van der Waals surface area contributed by atoms with Gasteiger partial charge in [0.05, 0.1) is 30.1 Å². The first-order chi connectivity index (χ1) is 25.2. The number of fused-ring (bicyclic) bond motifs is 2. The Labute approximate surface area is 306 Å². The number of hydrogen-bond donors (Lipinski definition) is 1. The summed E-state index contributed by atoms with van der Waals surface area (Å²) in [6, 6.07) is 31.4. The van der Waals surface area contributed by atoms with Gasteiger partial charge in [-0.25, -0.2) is 0 Å². The van der Waals surface area contributed by atoms with Gasteiger partial charge in [0.15, 0.2) is 0 Å². The van der Waals surface area contributed by atoms with Crippen LogP contribution >= 0.6 is 0 Å². The standard InChI is InChI=1S/C44H47N3O5/c1-5-23-45(28-32-17-11-8-12-18-32)40(49)37-38-41(50)47(36(29-48)25-31-15-9-7-10-16-31)39(44(38)27-30(3)43(37,4)52-44)42(51)46(24-6-2)35-22-21-33-19-13-14-20-34(33)26-35/h5-22,26,30,36-39,48H,1-2,23-25,27-29H2,3-4H3/t30?,36-,37-,38+,39?,43+,44?/m1/s1. The first-order valence-electron chi connectivity index (χ1n) is 18.2. The van der Waals surface area contributed by atoms with Crippen LogP contribution < -0.4 is 4.90 Å². The Bertz CT molecular complexity index is 1980. The second-order valence-electron chi connectivity index (χ2n) is 14.7. The van der Waals surface area contributed by atoms with E-state index < -0.39 is 35.1 Å². The third-order valence-corrected chi connectivity index (χ3v) is 11.7. The molecule has 1 N–H and O–H groups in total. The third-order valence-electron chi connectivity index (χ3n) is 11.7. The molecule has 0 saturated carbocycles. The molecule has 1 spiro atoms. The van der Waals surface area contributed by atoms with Gasteiger partial charge in [-0.15, -0.1) is 13.2 Å². The van der Waals surface area contributed by atoms with Gasteiger partial charge in [-0.3, -0.25) is 14.4 Å². The van der Waals surface area contributed by atoms with Crippen molar-refractivity contribution >= 4 is 34.2 Å². The minimum absolute atomic E-state index is 0.140. The summed E-state index contributed by atoms with van der Waals surface area (Å²) in [5.74, 6) is -2.78. The van der Waals surface area contributed by atoms with Crippen LogP contribution in [0, 0.1) is 17.8 Å². The van der Waals surface area contributed by atoms with Crippen molar-refractivity contribution in [1.29, 1.82) is 0 Å². The minimum atomic E-state index is -1.30. The van der Waals surface area contributed by atoms with Crippen molar-refractivity contribution in [2.24, 2.45) is 17.8 Å². The number of likely N-dealkylation sites (tertiary alicyclic amines) is 1. The summed E-state index contributed by atoms with van der Waals surface area (Å²) in [5.41, 5.74) is 0.249. The zero-order valence-electron chi connectivity index (χ0n) is 29.9. The summed E-state index contributed by atoms with van der Waals surface area (Å²) in [5, 5.41) is 13.0. The fraction of sp³-hybridized carbons (Fsp3) is 0.341. The maximum Gasteiger partial charge on any atom is 0.253 e. The van der Waals surface area contributed by atoms with Crippen LogP contribution in [-0.4, -0.2) is 75.6 Å². The lowest BCUT2D eigenvalue weighted by atomic mass is 9.62. The molecule has 3 amide bonds. The van der Waals surface area contributed by atoms with Crippen LogP contribution in [-0.2, 0) is 32.1 Å². The molecule has 7 atom stereocenters. The predicted octanol–water partition coefficient (Wildman–Crippen LogP) is 6.19. The number of aliphatic hydroxyl groups is 1. The highest BCUT2D eigenvalue weighted by Gasteiger charge is 2.80. The lowest BCUT2D eigenvalue weighted by molar-refractivity contribution is -0.154. The fourth-order valence-electron chi connectivity index (χ4n) is 9.20. The number of nitrogens with zero attached hydrogens (tertiary/aromatic N) is 3. The van der Waals surface area contributed by atoms with Gasteiger partial charge < -0.3 is 24.5 Å². The van der Waals surface area contributed by atoms with E-state index in [4.69, 9.17) is 4.74 Å². The number of carbonyl (C=O) groups excluding carboxylic acids is 3. The van der Waals surface area contributed by atoms with E-state index in [0.717, 1.165) is 21.9 Å². The third kappa shape index (κ3) is 5.84. The van der Waals surface area contributed by atoms with Crippen molar-refractivity contribution in [3.8, 4) is 0 Å². The van der Waals surface area contributed by atoms with Gasteiger partial charge in [-0.1, -0.05) is 110 Å². The summed E-state index contributed by atoms with van der Waals surface area (Å²) in [6.45, 7) is 12.3. The monoisotopic (exact) mass is 697 g/mol. The number of benzene rings is 4. The molecule has 3 fully saturated rings. The lowest BCUT2D eigenvalue weighted by Crippen LogP contribution is -2.59. The van der Waals surface area contributed by atoms with Gasteiger partial charge in [0.25, 0.3) is 5.91 Å². The van der Waals surface area contributed by atoms with Gasteiger partial charge in [0.2, 0.25) is 11.8 Å². The number of anilines is 1. The zero-order chi connectivity index (χ0) is 36.6. The van der Waals surface area contributed by atoms with Gasteiger partial charge in [-0.05, 0) is 59.7 Å². The summed E-state index contributed by atoms with van der Waals surface area (Å²) >= 11 is 0. The highest BCUT2D eigenvalue weighted by atomic mass is 16.5. The molecule has 8 heteroatoms. The van der Waals surface area contributed by atoms with Crippen LogP contribution in [0.1, 0.15) is 31.4 Å². The number of hydrogen-bond acceptors (Lipinski definition) is 5. The van der Waals surface area contributed by atoms with Crippen molar-refractivity contribution < 1.29 is 24.2 Å². The lowest BCUT2D eigenvalue weighted by Gasteiger charge is -2.39. The summed E-state index contributed by atoms with van der Waals surface area (Å²) in [7, 11) is 0. The fourth-order valence-corrected chi connectivity index (χ4v) is 9.20. The summed E-state index contributed by atoms with van der Waals surface area (Å²) in [6.07, 6.45) is 4.12. The first kappa shape index (κ1) is 35.4. The van der Waals surface area contributed by atoms with Crippen LogP contribution in [0.5, 0.6) is 0 Å². The van der Waals surface area contributed by atoms with Crippen LogP contribution in [0.3, 0.4) is 0 Å². The average Bonchev–Trinajstić information content (AvgIpc) is 3.68. The molecule has 8 nitrogen and oxygen atoms in total. The molecule has 52 heavy (non-hydrogen) atoms. The van der Waals surface area contributed by atoms with E-state index in [1.54, 1.807) is 26.9 Å². The molecule has 3 aliphatic heterocycles. The number of aliphatic hydroxyl groups excluding tert-OH is 1. The Kier molecular flexibility index (Phi) is 9.63. The second kappa shape index (κ2) is 14.2. The number of carbonyl (C=O) groups is 3. The van der Waals surface area contributed by atoms with Crippen molar-refractivity contribution in [3.63, 3.8) is 0 Å². The maximum absolute atomic E-state index is 15.4. The quantitative estimate of drug-likeness (QED) is 0.169. The Morgan fingerprint density at radius 2 is 1.54 bits per heavy atom. The van der Waals surface area contributed by atoms with E-state index in [1.165, 1.54) is 0 Å². The molecule has 0 radical (unpaired) electrons. The molecule has 3 aliphatic rings. The molecular weight excluding hydrogens is 651 g/mol. The molecule has 3 unspecified atom stereocenters. The molecule has 4 aromatic carbocycles. The van der Waals surface area contributed by atoms with Crippen molar-refractivity contribution in [2.75, 3.05) is 24.6 Å². The van der Waals surface area contributed by atoms with Gasteiger partial charge >= 0.3 is 0 Å². The minimum Gasteiger partial charge on any atom is -0.394 e. The Morgan fingerprint density at radius 1 is 0.904 bits per heavy atom. The van der Waals surface area contributed by atoms with Crippen molar-refractivity contribution in [2.45, 2.75) is 56.5 Å². The van der Waals surface area contributed by atoms with E-state index in [2.05, 4.69) is 13.2 Å². The molecule has 0 aromatic heterocycles. The number of amides is 3. The first-order valence-corrected chi connectivity index (χ1v) is 18.2. The normalized spacial score (nSPS) is 26.6. The van der Waals surface area contributed by atoms with E-state index in [9.17, 15) is 9.90 Å². The molecule has 268 valence electrons. The molecule has 2 bridgehead atoms. The Balaban J connectivity index is 1.35. The molecule has 3 heterocycles. The second-order valence-corrected chi connectivity index (χ2v) is 14.7. The van der Waals surface area contributed by atoms with Gasteiger partial charge in [0.1, 0.15) is 11.6 Å². The molecule has 3 saturated heterocycles. The average molecular weight is 698 g/mol. The molecule has 7 rings (SSSR count). The molecular formula is C44H47N3O5. The zero-order valence-corrected chi connectivity index (χ0v) is 29.9. The topological polar surface area (TPSA) is 90.4 Å². The van der Waals surface area contributed by atoms with E-state index in [1.807, 2.05) is 117 Å². The van der Waals surface area contributed by atoms with Crippen molar-refractivity contribution in [1.82, 2.24) is 9.80 Å². The highest BCUT2D eigenvalue weighted by molar-refractivity contribution is 6.06. The van der Waals surface area contributed by atoms with Crippen LogP contribution in [0.2, 0.25) is 0 Å². The Morgan fingerprint density at radius 3 is 2.19 bits per heavy atom. The number of rotatable bonds is 13. The van der Waals surface area contributed by atoms with E-state index >= 15 is 9.59 Å².